The van der Waals surface area contributed by atoms with E-state index >= 15 is 0 Å². The first kappa shape index (κ1) is 12.5. The van der Waals surface area contributed by atoms with Gasteiger partial charge in [0.2, 0.25) is 0 Å². The fraction of sp³-hybridized carbons (Fsp3) is 0.0714. The Morgan fingerprint density at radius 3 is 2.56 bits per heavy atom. The number of hydrogen-bond donors (Lipinski definition) is 2. The summed E-state index contributed by atoms with van der Waals surface area (Å²) in [4.78, 5) is 0. The molecule has 0 saturated heterocycles. The lowest BCUT2D eigenvalue weighted by Gasteiger charge is -2.02. The summed E-state index contributed by atoms with van der Waals surface area (Å²) < 4.78 is 0. The van der Waals surface area contributed by atoms with E-state index in [-0.39, 0.29) is 5.75 Å². The van der Waals surface area contributed by atoms with E-state index in [4.69, 9.17) is 16.7 Å². The molecule has 0 aromatic heterocycles. The molecule has 0 saturated carbocycles. The molecule has 18 heavy (non-hydrogen) atoms. The van der Waals surface area contributed by atoms with Crippen LogP contribution in [0.1, 0.15) is 11.1 Å². The van der Waals surface area contributed by atoms with E-state index in [0.717, 1.165) is 16.8 Å². The Labute approximate surface area is 111 Å². The van der Waals surface area contributed by atoms with E-state index in [0.29, 0.717) is 5.02 Å². The van der Waals surface area contributed by atoms with Gasteiger partial charge in [-0.2, -0.15) is 5.10 Å². The molecule has 0 unspecified atom stereocenters. The Morgan fingerprint density at radius 2 is 1.89 bits per heavy atom. The highest BCUT2D eigenvalue weighted by Gasteiger charge is 1.96. The zero-order chi connectivity index (χ0) is 13.0. The van der Waals surface area contributed by atoms with Crippen molar-refractivity contribution in [1.29, 1.82) is 0 Å². The maximum absolute atomic E-state index is 9.14. The third kappa shape index (κ3) is 3.25. The Kier molecular flexibility index (Phi) is 3.85. The van der Waals surface area contributed by atoms with Gasteiger partial charge in [0.1, 0.15) is 5.75 Å². The van der Waals surface area contributed by atoms with Crippen molar-refractivity contribution in [1.82, 2.24) is 0 Å². The minimum Gasteiger partial charge on any atom is -0.508 e. The average molecular weight is 261 g/mol. The number of nitrogens with zero attached hydrogens (tertiary/aromatic N) is 1. The Balaban J connectivity index is 2.02. The van der Waals surface area contributed by atoms with E-state index in [1.165, 1.54) is 0 Å². The lowest BCUT2D eigenvalue weighted by Crippen LogP contribution is -1.90. The number of hydrazone groups is 1. The van der Waals surface area contributed by atoms with Crippen LogP contribution in [0.3, 0.4) is 0 Å². The molecule has 0 fully saturated rings. The third-order valence-corrected chi connectivity index (χ3v) is 2.88. The summed E-state index contributed by atoms with van der Waals surface area (Å²) in [5, 5.41) is 13.9. The van der Waals surface area contributed by atoms with Gasteiger partial charge in [-0.15, -0.1) is 0 Å². The second-order valence-corrected chi connectivity index (χ2v) is 4.33. The van der Waals surface area contributed by atoms with Crippen LogP contribution in [0.2, 0.25) is 5.02 Å². The minimum absolute atomic E-state index is 0.241. The molecule has 4 heteroatoms. The van der Waals surface area contributed by atoms with Gasteiger partial charge in [-0.1, -0.05) is 17.7 Å². The summed E-state index contributed by atoms with van der Waals surface area (Å²) >= 11 is 6.01. The van der Waals surface area contributed by atoms with Crippen LogP contribution in [0.15, 0.2) is 47.6 Å². The number of aryl methyl sites for hydroxylation is 1. The van der Waals surface area contributed by atoms with E-state index in [1.807, 2.05) is 25.1 Å². The number of phenols is 1. The monoisotopic (exact) mass is 260 g/mol. The minimum atomic E-state index is 0.241. The topological polar surface area (TPSA) is 44.6 Å². The van der Waals surface area contributed by atoms with E-state index < -0.39 is 0 Å². The standard InChI is InChI=1S/C14H13ClN2O/c1-10-2-5-12(8-14(10)15)17-16-9-11-3-6-13(18)7-4-11/h2-9,17-18H,1H3/b16-9+. The molecule has 0 bridgehead atoms. The number of halogens is 1. The number of benzene rings is 2. The summed E-state index contributed by atoms with van der Waals surface area (Å²) in [6, 6.07) is 12.5. The highest BCUT2D eigenvalue weighted by Crippen LogP contribution is 2.19. The van der Waals surface area contributed by atoms with Gasteiger partial charge in [-0.05, 0) is 54.4 Å². The molecule has 0 amide bonds. The van der Waals surface area contributed by atoms with Crippen molar-refractivity contribution in [3.63, 3.8) is 0 Å². The molecule has 2 N–H and O–H groups in total. The van der Waals surface area contributed by atoms with Crippen molar-refractivity contribution in [2.45, 2.75) is 6.92 Å². The molecule has 0 spiro atoms. The summed E-state index contributed by atoms with van der Waals surface area (Å²) in [6.45, 7) is 1.95. The van der Waals surface area contributed by atoms with Gasteiger partial charge in [-0.25, -0.2) is 0 Å². The molecular formula is C14H13ClN2O. The van der Waals surface area contributed by atoms with Gasteiger partial charge in [0, 0.05) is 5.02 Å². The number of rotatable bonds is 3. The van der Waals surface area contributed by atoms with Gasteiger partial charge < -0.3 is 5.11 Å². The number of aromatic hydroxyl groups is 1. The van der Waals surface area contributed by atoms with E-state index in [2.05, 4.69) is 10.5 Å². The molecular weight excluding hydrogens is 248 g/mol. The fourth-order valence-corrected chi connectivity index (χ4v) is 1.58. The van der Waals surface area contributed by atoms with Crippen LogP contribution in [-0.4, -0.2) is 11.3 Å². The Bertz CT molecular complexity index is 565. The van der Waals surface area contributed by atoms with Crippen LogP contribution in [0, 0.1) is 6.92 Å². The zero-order valence-electron chi connectivity index (χ0n) is 9.89. The lowest BCUT2D eigenvalue weighted by atomic mass is 10.2. The predicted molar refractivity (Wildman–Crippen MR) is 75.5 cm³/mol. The number of nitrogens with one attached hydrogen (secondary N) is 1. The van der Waals surface area contributed by atoms with E-state index in [9.17, 15) is 0 Å². The molecule has 0 aliphatic carbocycles. The zero-order valence-corrected chi connectivity index (χ0v) is 10.6. The maximum Gasteiger partial charge on any atom is 0.115 e. The normalized spacial score (nSPS) is 10.8. The molecule has 0 atom stereocenters. The number of hydrogen-bond acceptors (Lipinski definition) is 3. The average Bonchev–Trinajstić information content (AvgIpc) is 2.36. The summed E-state index contributed by atoms with van der Waals surface area (Å²) in [5.41, 5.74) is 5.67. The SMILES string of the molecule is Cc1ccc(N/N=C/c2ccc(O)cc2)cc1Cl. The van der Waals surface area contributed by atoms with Gasteiger partial charge in [0.25, 0.3) is 0 Å². The van der Waals surface area contributed by atoms with Crippen molar-refractivity contribution in [3.8, 4) is 5.75 Å². The molecule has 92 valence electrons. The highest BCUT2D eigenvalue weighted by atomic mass is 35.5. The number of anilines is 1. The van der Waals surface area contributed by atoms with Crippen molar-refractivity contribution >= 4 is 23.5 Å². The summed E-state index contributed by atoms with van der Waals surface area (Å²) in [6.07, 6.45) is 1.67. The third-order valence-electron chi connectivity index (χ3n) is 2.47. The van der Waals surface area contributed by atoms with Gasteiger partial charge >= 0.3 is 0 Å². The van der Waals surface area contributed by atoms with Crippen molar-refractivity contribution < 1.29 is 5.11 Å². The van der Waals surface area contributed by atoms with Crippen molar-refractivity contribution in [2.24, 2.45) is 5.10 Å². The molecule has 2 rings (SSSR count). The van der Waals surface area contributed by atoms with Gasteiger partial charge in [0.15, 0.2) is 0 Å². The second kappa shape index (κ2) is 5.56. The van der Waals surface area contributed by atoms with Crippen LogP contribution < -0.4 is 5.43 Å². The van der Waals surface area contributed by atoms with E-state index in [1.54, 1.807) is 30.5 Å². The smallest absolute Gasteiger partial charge is 0.115 e. The molecule has 0 aliphatic heterocycles. The van der Waals surface area contributed by atoms with Crippen LogP contribution in [0.25, 0.3) is 0 Å². The molecule has 3 nitrogen and oxygen atoms in total. The van der Waals surface area contributed by atoms with Gasteiger partial charge in [-0.3, -0.25) is 5.43 Å². The Hall–Kier alpha value is -2.00. The lowest BCUT2D eigenvalue weighted by molar-refractivity contribution is 0.475. The van der Waals surface area contributed by atoms with Crippen molar-refractivity contribution in [2.75, 3.05) is 5.43 Å². The van der Waals surface area contributed by atoms with Crippen LogP contribution in [0.5, 0.6) is 5.75 Å². The van der Waals surface area contributed by atoms with Gasteiger partial charge in [0.05, 0.1) is 11.9 Å². The number of phenolic OH excluding ortho intramolecular Hbond substituents is 1. The summed E-state index contributed by atoms with van der Waals surface area (Å²) in [7, 11) is 0. The molecule has 0 aliphatic rings. The highest BCUT2D eigenvalue weighted by molar-refractivity contribution is 6.31. The largest absolute Gasteiger partial charge is 0.508 e. The molecule has 2 aromatic carbocycles. The first-order valence-corrected chi connectivity index (χ1v) is 5.87. The first-order chi connectivity index (χ1) is 8.65. The predicted octanol–water partition coefficient (Wildman–Crippen LogP) is 3.80. The van der Waals surface area contributed by atoms with Crippen molar-refractivity contribution in [3.05, 3.63) is 58.6 Å². The van der Waals surface area contributed by atoms with Crippen LogP contribution in [0.4, 0.5) is 5.69 Å². The molecule has 0 heterocycles. The maximum atomic E-state index is 9.14. The first-order valence-electron chi connectivity index (χ1n) is 5.49. The second-order valence-electron chi connectivity index (χ2n) is 3.93. The quantitative estimate of drug-likeness (QED) is 0.651. The Morgan fingerprint density at radius 1 is 1.17 bits per heavy atom. The molecule has 2 aromatic rings. The molecule has 0 radical (unpaired) electrons. The van der Waals surface area contributed by atoms with Crippen LogP contribution in [-0.2, 0) is 0 Å². The summed E-state index contributed by atoms with van der Waals surface area (Å²) in [5.74, 6) is 0.241. The van der Waals surface area contributed by atoms with Crippen LogP contribution >= 0.6 is 11.6 Å². The fourth-order valence-electron chi connectivity index (χ4n) is 1.40.